The van der Waals surface area contributed by atoms with Crippen molar-refractivity contribution < 1.29 is 8.83 Å². The molecule has 0 aliphatic carbocycles. The molecule has 6 heteroatoms. The van der Waals surface area contributed by atoms with Gasteiger partial charge in [0.2, 0.25) is 5.89 Å². The van der Waals surface area contributed by atoms with Gasteiger partial charge in [0, 0.05) is 59.3 Å². The Balaban J connectivity index is 1.27. The summed E-state index contributed by atoms with van der Waals surface area (Å²) in [5.74, 6) is 0.560. The zero-order valence-corrected chi connectivity index (χ0v) is 30.1. The molecule has 0 bridgehead atoms. The molecule has 0 N–H and O–H groups in total. The van der Waals surface area contributed by atoms with E-state index in [1.165, 1.54) is 25.6 Å². The van der Waals surface area contributed by atoms with E-state index in [4.69, 9.17) is 13.8 Å². The van der Waals surface area contributed by atoms with Gasteiger partial charge in [0.15, 0.2) is 5.58 Å². The molecule has 0 spiro atoms. The van der Waals surface area contributed by atoms with E-state index >= 15 is 0 Å². The molecule has 12 rings (SSSR count). The van der Waals surface area contributed by atoms with Gasteiger partial charge in [-0.3, -0.25) is 0 Å². The number of aromatic nitrogens is 2. The van der Waals surface area contributed by atoms with Crippen LogP contribution in [0, 0.1) is 0 Å². The van der Waals surface area contributed by atoms with Gasteiger partial charge in [0.1, 0.15) is 16.7 Å². The Labute approximate surface area is 318 Å². The number of nitrogens with zero attached hydrogens (tertiary/aromatic N) is 3. The first-order valence-electron chi connectivity index (χ1n) is 18.4. The molecule has 0 fully saturated rings. The highest BCUT2D eigenvalue weighted by molar-refractivity contribution is 7.25. The lowest BCUT2D eigenvalue weighted by Crippen LogP contribution is -2.12. The molecule has 0 saturated carbocycles. The van der Waals surface area contributed by atoms with Crippen molar-refractivity contribution in [1.82, 2.24) is 9.55 Å². The average molecular weight is 724 g/mol. The van der Waals surface area contributed by atoms with Crippen molar-refractivity contribution in [2.75, 3.05) is 4.90 Å². The van der Waals surface area contributed by atoms with Crippen LogP contribution < -0.4 is 4.90 Å². The number of anilines is 3. The lowest BCUT2D eigenvalue weighted by atomic mass is 10.0. The van der Waals surface area contributed by atoms with Gasteiger partial charge >= 0.3 is 0 Å². The Hall–Kier alpha value is -7.15. The summed E-state index contributed by atoms with van der Waals surface area (Å²) in [7, 11) is 0. The van der Waals surface area contributed by atoms with Gasteiger partial charge in [-0.2, -0.15) is 0 Å². The minimum atomic E-state index is 0.560. The molecule has 0 amide bonds. The fourth-order valence-electron chi connectivity index (χ4n) is 8.44. The molecule has 0 aliphatic heterocycles. The first kappa shape index (κ1) is 30.3. The van der Waals surface area contributed by atoms with Crippen LogP contribution in [0.15, 0.2) is 185 Å². The summed E-state index contributed by atoms with van der Waals surface area (Å²) in [6.07, 6.45) is 0. The average Bonchev–Trinajstić information content (AvgIpc) is 4.02. The van der Waals surface area contributed by atoms with Crippen molar-refractivity contribution in [2.24, 2.45) is 0 Å². The summed E-state index contributed by atoms with van der Waals surface area (Å²) in [5, 5.41) is 6.85. The number of oxazole rings is 1. The second-order valence-corrected chi connectivity index (χ2v) is 15.0. The highest BCUT2D eigenvalue weighted by Gasteiger charge is 2.29. The summed E-state index contributed by atoms with van der Waals surface area (Å²) in [4.78, 5) is 7.73. The number of benzene rings is 8. The molecule has 0 saturated heterocycles. The maximum absolute atomic E-state index is 6.66. The maximum Gasteiger partial charge on any atom is 0.227 e. The van der Waals surface area contributed by atoms with Gasteiger partial charge in [-0.25, -0.2) is 4.98 Å². The zero-order valence-electron chi connectivity index (χ0n) is 29.3. The molecular formula is C49H29N3O2S. The molecule has 5 nitrogen and oxygen atoms in total. The fraction of sp³-hybridized carbons (Fsp3) is 0. The van der Waals surface area contributed by atoms with Gasteiger partial charge in [0.05, 0.1) is 27.8 Å². The van der Waals surface area contributed by atoms with E-state index in [0.29, 0.717) is 11.5 Å². The Morgan fingerprint density at radius 1 is 0.509 bits per heavy atom. The minimum Gasteiger partial charge on any atom is -0.456 e. The van der Waals surface area contributed by atoms with Crippen LogP contribution in [0.2, 0.25) is 0 Å². The molecule has 0 aliphatic rings. The van der Waals surface area contributed by atoms with Crippen LogP contribution in [0.4, 0.5) is 17.1 Å². The van der Waals surface area contributed by atoms with Gasteiger partial charge in [-0.05, 0) is 60.7 Å². The number of hydrogen-bond donors (Lipinski definition) is 0. The monoisotopic (exact) mass is 723 g/mol. The van der Waals surface area contributed by atoms with E-state index in [-0.39, 0.29) is 0 Å². The van der Waals surface area contributed by atoms with Crippen molar-refractivity contribution in [3.63, 3.8) is 0 Å². The van der Waals surface area contributed by atoms with Gasteiger partial charge < -0.3 is 18.3 Å². The second-order valence-electron chi connectivity index (χ2n) is 13.9. The normalized spacial score (nSPS) is 12.0. The van der Waals surface area contributed by atoms with Gasteiger partial charge in [-0.15, -0.1) is 11.3 Å². The summed E-state index contributed by atoms with van der Waals surface area (Å²) in [6.45, 7) is 0. The molecule has 12 aromatic rings. The standard InChI is InChI=1S/C49H29N3O2S/c1-3-14-30(15-4-1)49-50-46-42(54-49)29-41-45(37-20-8-11-24-40(37)53-41)48(46)52(32-26-27-35-34-19-9-12-25-43(34)55-44(35)28-32)39-23-13-21-36-33-18-7-10-22-38(33)51(47(36)39)31-16-5-2-6-17-31/h1-29H. The first-order chi connectivity index (χ1) is 27.3. The molecule has 55 heavy (non-hydrogen) atoms. The van der Waals surface area contributed by atoms with E-state index in [9.17, 15) is 0 Å². The highest BCUT2D eigenvalue weighted by atomic mass is 32.1. The molecule has 8 aromatic carbocycles. The fourth-order valence-corrected chi connectivity index (χ4v) is 9.58. The predicted molar refractivity (Wildman–Crippen MR) is 229 cm³/mol. The van der Waals surface area contributed by atoms with Crippen LogP contribution in [0.1, 0.15) is 0 Å². The summed E-state index contributed by atoms with van der Waals surface area (Å²) in [5.41, 5.74) is 10.1. The van der Waals surface area contributed by atoms with E-state index in [1.54, 1.807) is 0 Å². The number of para-hydroxylation sites is 4. The smallest absolute Gasteiger partial charge is 0.227 e. The molecule has 0 atom stereocenters. The van der Waals surface area contributed by atoms with Crippen LogP contribution in [0.5, 0.6) is 0 Å². The second kappa shape index (κ2) is 11.7. The Bertz CT molecular complexity index is 3450. The van der Waals surface area contributed by atoms with Gasteiger partial charge in [-0.1, -0.05) is 109 Å². The van der Waals surface area contributed by atoms with Crippen molar-refractivity contribution in [3.8, 4) is 17.1 Å². The Kier molecular flexibility index (Phi) is 6.44. The van der Waals surface area contributed by atoms with Crippen LogP contribution in [-0.4, -0.2) is 9.55 Å². The van der Waals surface area contributed by atoms with Crippen LogP contribution >= 0.6 is 11.3 Å². The molecular weight excluding hydrogens is 695 g/mol. The Morgan fingerprint density at radius 2 is 1.22 bits per heavy atom. The minimum absolute atomic E-state index is 0.560. The first-order valence-corrected chi connectivity index (χ1v) is 19.2. The van der Waals surface area contributed by atoms with E-state index in [1.807, 2.05) is 59.9 Å². The summed E-state index contributed by atoms with van der Waals surface area (Å²) >= 11 is 1.82. The van der Waals surface area contributed by atoms with Crippen LogP contribution in [0.3, 0.4) is 0 Å². The zero-order chi connectivity index (χ0) is 36.0. The quantitative estimate of drug-likeness (QED) is 0.177. The third kappa shape index (κ3) is 4.49. The van der Waals surface area contributed by atoms with Crippen LogP contribution in [0.25, 0.3) is 92.2 Å². The number of furan rings is 1. The SMILES string of the molecule is c1ccc(-c2nc3c(N(c4ccc5c(c4)sc4ccccc45)c4cccc5c6ccccc6n(-c6ccccc6)c45)c4c(cc3o2)oc2ccccc24)cc1. The summed E-state index contributed by atoms with van der Waals surface area (Å²) in [6, 6.07) is 61.9. The van der Waals surface area contributed by atoms with Crippen molar-refractivity contribution >= 4 is 103 Å². The van der Waals surface area contributed by atoms with Crippen molar-refractivity contribution in [2.45, 2.75) is 0 Å². The predicted octanol–water partition coefficient (Wildman–Crippen LogP) is 14.3. The third-order valence-corrected chi connectivity index (χ3v) is 11.9. The highest BCUT2D eigenvalue weighted by Crippen LogP contribution is 2.51. The molecule has 0 radical (unpaired) electrons. The number of rotatable bonds is 5. The van der Waals surface area contributed by atoms with Crippen molar-refractivity contribution in [1.29, 1.82) is 0 Å². The number of fused-ring (bicyclic) bond motifs is 10. The molecule has 258 valence electrons. The molecule has 4 heterocycles. The van der Waals surface area contributed by atoms with E-state index < -0.39 is 0 Å². The van der Waals surface area contributed by atoms with Crippen LogP contribution in [-0.2, 0) is 0 Å². The third-order valence-electron chi connectivity index (χ3n) is 10.8. The lowest BCUT2D eigenvalue weighted by Gasteiger charge is -2.28. The Morgan fingerprint density at radius 3 is 2.09 bits per heavy atom. The lowest BCUT2D eigenvalue weighted by molar-refractivity contribution is 0.617. The molecule has 4 aromatic heterocycles. The van der Waals surface area contributed by atoms with E-state index in [0.717, 1.165) is 72.2 Å². The number of thiophene rings is 1. The topological polar surface area (TPSA) is 47.3 Å². The molecule has 0 unspecified atom stereocenters. The summed E-state index contributed by atoms with van der Waals surface area (Å²) < 4.78 is 18.2. The number of hydrogen-bond acceptors (Lipinski definition) is 5. The largest absolute Gasteiger partial charge is 0.456 e. The van der Waals surface area contributed by atoms with Crippen molar-refractivity contribution in [3.05, 3.63) is 176 Å². The van der Waals surface area contributed by atoms with E-state index in [2.05, 4.69) is 137 Å². The maximum atomic E-state index is 6.66. The van der Waals surface area contributed by atoms with Gasteiger partial charge in [0.25, 0.3) is 0 Å².